The van der Waals surface area contributed by atoms with Gasteiger partial charge in [-0.2, -0.15) is 14.6 Å². The van der Waals surface area contributed by atoms with Crippen molar-refractivity contribution in [2.75, 3.05) is 11.6 Å². The fourth-order valence-corrected chi connectivity index (χ4v) is 3.82. The quantitative estimate of drug-likeness (QED) is 0.465. The number of nitrogens with one attached hydrogen (secondary N) is 1. The standard InChI is InChI=1S/C18H13ClN4O4S2/c1-10-3-4-11(8-14(10)19)15-6-5-13(27-15)7-12(9-20)16(24)21-17-22-18(23-28-17)29(2,25)26/h3-8H,1-2H3,(H,21,22,23,24). The molecule has 0 aliphatic heterocycles. The van der Waals surface area contributed by atoms with E-state index in [4.69, 9.17) is 16.0 Å². The molecule has 0 spiro atoms. The van der Waals surface area contributed by atoms with E-state index in [9.17, 15) is 18.5 Å². The molecule has 29 heavy (non-hydrogen) atoms. The number of benzene rings is 1. The lowest BCUT2D eigenvalue weighted by Gasteiger charge is -2.01. The van der Waals surface area contributed by atoms with E-state index in [0.29, 0.717) is 22.3 Å². The molecule has 0 aliphatic carbocycles. The molecule has 1 aromatic carbocycles. The molecular weight excluding hydrogens is 436 g/mol. The Kier molecular flexibility index (Phi) is 5.83. The highest BCUT2D eigenvalue weighted by atomic mass is 35.5. The number of furan rings is 1. The van der Waals surface area contributed by atoms with Crippen molar-refractivity contribution in [3.8, 4) is 17.4 Å². The molecule has 2 aromatic heterocycles. The van der Waals surface area contributed by atoms with Gasteiger partial charge < -0.3 is 4.42 Å². The van der Waals surface area contributed by atoms with Gasteiger partial charge in [0.1, 0.15) is 23.2 Å². The summed E-state index contributed by atoms with van der Waals surface area (Å²) >= 11 is 6.83. The number of hydrogen-bond donors (Lipinski definition) is 1. The van der Waals surface area contributed by atoms with E-state index >= 15 is 0 Å². The van der Waals surface area contributed by atoms with Crippen molar-refractivity contribution >= 4 is 50.1 Å². The summed E-state index contributed by atoms with van der Waals surface area (Å²) in [6, 6.07) is 10.6. The first-order chi connectivity index (χ1) is 13.7. The summed E-state index contributed by atoms with van der Waals surface area (Å²) < 4.78 is 32.1. The first-order valence-electron chi connectivity index (χ1n) is 8.00. The summed E-state index contributed by atoms with van der Waals surface area (Å²) in [5.41, 5.74) is 1.44. The molecule has 0 saturated carbocycles. The first kappa shape index (κ1) is 20.7. The Hall–Kier alpha value is -3.00. The van der Waals surface area contributed by atoms with Crippen molar-refractivity contribution in [3.63, 3.8) is 0 Å². The van der Waals surface area contributed by atoms with E-state index in [1.807, 2.05) is 19.1 Å². The minimum Gasteiger partial charge on any atom is -0.457 e. The zero-order valence-electron chi connectivity index (χ0n) is 15.1. The van der Waals surface area contributed by atoms with E-state index in [0.717, 1.165) is 17.4 Å². The van der Waals surface area contributed by atoms with Crippen LogP contribution in [0.4, 0.5) is 5.13 Å². The van der Waals surface area contributed by atoms with Crippen LogP contribution in [0.1, 0.15) is 11.3 Å². The Morgan fingerprint density at radius 1 is 1.34 bits per heavy atom. The maximum Gasteiger partial charge on any atom is 0.268 e. The van der Waals surface area contributed by atoms with Gasteiger partial charge in [0.2, 0.25) is 15.0 Å². The van der Waals surface area contributed by atoms with Crippen molar-refractivity contribution in [2.24, 2.45) is 0 Å². The molecule has 0 unspecified atom stereocenters. The third-order valence-corrected chi connectivity index (χ3v) is 5.69. The summed E-state index contributed by atoms with van der Waals surface area (Å²) in [6.07, 6.45) is 2.23. The van der Waals surface area contributed by atoms with Gasteiger partial charge in [0, 0.05) is 34.5 Å². The number of halogens is 1. The Morgan fingerprint density at radius 3 is 2.72 bits per heavy atom. The number of aromatic nitrogens is 2. The van der Waals surface area contributed by atoms with Crippen LogP contribution in [0.25, 0.3) is 17.4 Å². The van der Waals surface area contributed by atoms with E-state index in [1.165, 1.54) is 6.08 Å². The van der Waals surface area contributed by atoms with Crippen LogP contribution in [0, 0.1) is 18.3 Å². The van der Waals surface area contributed by atoms with Gasteiger partial charge in [0.15, 0.2) is 0 Å². The van der Waals surface area contributed by atoms with Crippen LogP contribution in [-0.2, 0) is 14.6 Å². The maximum absolute atomic E-state index is 12.3. The molecule has 1 N–H and O–H groups in total. The van der Waals surface area contributed by atoms with Crippen molar-refractivity contribution in [2.45, 2.75) is 12.1 Å². The highest BCUT2D eigenvalue weighted by Gasteiger charge is 2.18. The second-order valence-corrected chi connectivity index (χ2v) is 9.01. The number of nitriles is 1. The average molecular weight is 449 g/mol. The average Bonchev–Trinajstić information content (AvgIpc) is 3.31. The summed E-state index contributed by atoms with van der Waals surface area (Å²) in [7, 11) is -3.59. The number of sulfone groups is 1. The highest BCUT2D eigenvalue weighted by molar-refractivity contribution is 7.90. The topological polar surface area (TPSA) is 126 Å². The zero-order chi connectivity index (χ0) is 21.2. The molecule has 3 aromatic rings. The van der Waals surface area contributed by atoms with Gasteiger partial charge >= 0.3 is 0 Å². The van der Waals surface area contributed by atoms with Gasteiger partial charge in [0.25, 0.3) is 11.1 Å². The number of carbonyl (C=O) groups is 1. The highest BCUT2D eigenvalue weighted by Crippen LogP contribution is 2.27. The van der Waals surface area contributed by atoms with E-state index in [-0.39, 0.29) is 16.5 Å². The second kappa shape index (κ2) is 8.16. The van der Waals surface area contributed by atoms with E-state index in [2.05, 4.69) is 14.7 Å². The lowest BCUT2D eigenvalue weighted by atomic mass is 10.1. The molecule has 2 heterocycles. The van der Waals surface area contributed by atoms with Crippen LogP contribution in [0.5, 0.6) is 0 Å². The van der Waals surface area contributed by atoms with Gasteiger partial charge in [-0.25, -0.2) is 8.42 Å². The van der Waals surface area contributed by atoms with Crippen molar-refractivity contribution in [3.05, 3.63) is 52.3 Å². The van der Waals surface area contributed by atoms with Crippen molar-refractivity contribution < 1.29 is 17.6 Å². The molecule has 1 amide bonds. The minimum atomic E-state index is -3.59. The molecule has 11 heteroatoms. The molecule has 0 radical (unpaired) electrons. The molecular formula is C18H13ClN4O4S2. The zero-order valence-corrected chi connectivity index (χ0v) is 17.5. The molecule has 8 nitrogen and oxygen atoms in total. The number of aryl methyl sites for hydroxylation is 1. The predicted octanol–water partition coefficient (Wildman–Crippen LogP) is 3.71. The summed E-state index contributed by atoms with van der Waals surface area (Å²) in [6.45, 7) is 1.89. The summed E-state index contributed by atoms with van der Waals surface area (Å²) in [5.74, 6) is 0.0512. The number of anilines is 1. The summed E-state index contributed by atoms with van der Waals surface area (Å²) in [5, 5.41) is 11.8. The van der Waals surface area contributed by atoms with Crippen LogP contribution < -0.4 is 5.32 Å². The number of hydrogen-bond acceptors (Lipinski definition) is 8. The fourth-order valence-electron chi connectivity index (χ4n) is 2.20. The Labute approximate surface area is 175 Å². The van der Waals surface area contributed by atoms with Crippen LogP contribution >= 0.6 is 23.1 Å². The van der Waals surface area contributed by atoms with Crippen molar-refractivity contribution in [1.29, 1.82) is 5.26 Å². The lowest BCUT2D eigenvalue weighted by Crippen LogP contribution is -2.13. The molecule has 0 fully saturated rings. The van der Waals surface area contributed by atoms with Crippen LogP contribution in [0.2, 0.25) is 5.02 Å². The Morgan fingerprint density at radius 2 is 2.10 bits per heavy atom. The molecule has 0 atom stereocenters. The monoisotopic (exact) mass is 448 g/mol. The van der Waals surface area contributed by atoms with E-state index in [1.54, 1.807) is 24.3 Å². The SMILES string of the molecule is Cc1ccc(-c2ccc(C=C(C#N)C(=O)Nc3nc(S(C)(=O)=O)ns3)o2)cc1Cl. The van der Waals surface area contributed by atoms with Gasteiger partial charge in [0.05, 0.1) is 0 Å². The third-order valence-electron chi connectivity index (χ3n) is 3.69. The third kappa shape index (κ3) is 4.89. The Balaban J connectivity index is 1.80. The summed E-state index contributed by atoms with van der Waals surface area (Å²) in [4.78, 5) is 16.0. The van der Waals surface area contributed by atoms with Crippen LogP contribution in [-0.4, -0.2) is 29.9 Å². The largest absolute Gasteiger partial charge is 0.457 e. The van der Waals surface area contributed by atoms with Gasteiger partial charge in [-0.15, -0.1) is 0 Å². The lowest BCUT2D eigenvalue weighted by molar-refractivity contribution is -0.112. The minimum absolute atomic E-state index is 0.0361. The second-order valence-electron chi connectivity index (χ2n) is 5.94. The van der Waals surface area contributed by atoms with E-state index < -0.39 is 20.9 Å². The normalized spacial score (nSPS) is 11.9. The van der Waals surface area contributed by atoms with Crippen molar-refractivity contribution in [1.82, 2.24) is 9.36 Å². The predicted molar refractivity (Wildman–Crippen MR) is 109 cm³/mol. The van der Waals surface area contributed by atoms with Crippen LogP contribution in [0.15, 0.2) is 45.5 Å². The van der Waals surface area contributed by atoms with Gasteiger partial charge in [-0.1, -0.05) is 23.7 Å². The van der Waals surface area contributed by atoms with Crippen LogP contribution in [0.3, 0.4) is 0 Å². The first-order valence-corrected chi connectivity index (χ1v) is 11.0. The maximum atomic E-state index is 12.3. The van der Waals surface area contributed by atoms with Gasteiger partial charge in [-0.05, 0) is 30.7 Å². The Bertz CT molecular complexity index is 1270. The number of nitrogens with zero attached hydrogens (tertiary/aromatic N) is 3. The molecule has 0 bridgehead atoms. The smallest absolute Gasteiger partial charge is 0.268 e. The fraction of sp³-hybridized carbons (Fsp3) is 0.111. The number of rotatable bonds is 5. The van der Waals surface area contributed by atoms with Gasteiger partial charge in [-0.3, -0.25) is 10.1 Å². The molecule has 3 rings (SSSR count). The molecule has 0 aliphatic rings. The molecule has 148 valence electrons. The number of carbonyl (C=O) groups excluding carboxylic acids is 1. The molecule has 0 saturated heterocycles. The number of amides is 1.